The van der Waals surface area contributed by atoms with Crippen LogP contribution in [0.3, 0.4) is 0 Å². The van der Waals surface area contributed by atoms with Gasteiger partial charge in [-0.2, -0.15) is 0 Å². The number of aromatic nitrogens is 1. The molecule has 0 amide bonds. The molecule has 0 bridgehead atoms. The average molecular weight is 433 g/mol. The van der Waals surface area contributed by atoms with E-state index in [0.717, 1.165) is 23.2 Å². The zero-order chi connectivity index (χ0) is 22.1. The zero-order valence-corrected chi connectivity index (χ0v) is 20.2. The van der Waals surface area contributed by atoms with Gasteiger partial charge in [-0.05, 0) is 45.7 Å². The van der Waals surface area contributed by atoms with Gasteiger partial charge in [0, 0.05) is 26.1 Å². The second-order valence-corrected chi connectivity index (χ2v) is 9.19. The van der Waals surface area contributed by atoms with Crippen LogP contribution in [0.15, 0.2) is 34.6 Å². The molecule has 1 unspecified atom stereocenters. The molecule has 0 saturated carbocycles. The first-order valence-electron chi connectivity index (χ1n) is 10.4. The molecule has 6 nitrogen and oxygen atoms in total. The van der Waals surface area contributed by atoms with Crippen molar-refractivity contribution in [3.8, 4) is 0 Å². The molecule has 1 aromatic heterocycles. The fourth-order valence-electron chi connectivity index (χ4n) is 2.75. The van der Waals surface area contributed by atoms with Gasteiger partial charge in [0.15, 0.2) is 5.96 Å². The van der Waals surface area contributed by atoms with Gasteiger partial charge in [-0.3, -0.25) is 0 Å². The van der Waals surface area contributed by atoms with Crippen molar-refractivity contribution in [1.82, 2.24) is 15.2 Å². The van der Waals surface area contributed by atoms with E-state index in [4.69, 9.17) is 14.5 Å². The number of methoxy groups -OCH3 is 1. The molecule has 1 heterocycles. The average Bonchev–Trinajstić information content (AvgIpc) is 3.17. The summed E-state index contributed by atoms with van der Waals surface area (Å²) in [6.07, 6.45) is 0.0190. The molecular weight excluding hydrogens is 396 g/mol. The monoisotopic (exact) mass is 432 g/mol. The molecule has 0 fully saturated rings. The highest BCUT2D eigenvalue weighted by Crippen LogP contribution is 2.21. The lowest BCUT2D eigenvalue weighted by Crippen LogP contribution is -2.38. The van der Waals surface area contributed by atoms with Gasteiger partial charge >= 0.3 is 0 Å². The molecule has 2 rings (SSSR count). The smallest absolute Gasteiger partial charge is 0.194 e. The van der Waals surface area contributed by atoms with Crippen LogP contribution in [0.1, 0.15) is 62.6 Å². The summed E-state index contributed by atoms with van der Waals surface area (Å²) in [6.45, 7) is 13.0. The molecule has 0 aliphatic heterocycles. The summed E-state index contributed by atoms with van der Waals surface area (Å²) < 4.78 is 11.3. The number of hydrogen-bond donors (Lipinski definition) is 1. The highest BCUT2D eigenvalue weighted by molar-refractivity contribution is 7.09. The van der Waals surface area contributed by atoms with Gasteiger partial charge in [-0.15, -0.1) is 11.3 Å². The van der Waals surface area contributed by atoms with Crippen molar-refractivity contribution in [1.29, 1.82) is 0 Å². The van der Waals surface area contributed by atoms with Crippen molar-refractivity contribution in [3.05, 3.63) is 51.5 Å². The van der Waals surface area contributed by atoms with Gasteiger partial charge < -0.3 is 19.7 Å². The Bertz CT molecular complexity index is 814. The summed E-state index contributed by atoms with van der Waals surface area (Å²) >= 11 is 1.63. The molecule has 0 radical (unpaired) electrons. The fraction of sp³-hybridized carbons (Fsp3) is 0.565. The van der Waals surface area contributed by atoms with Crippen molar-refractivity contribution in [2.45, 2.75) is 66.0 Å². The number of nitrogens with zero attached hydrogens (tertiary/aromatic N) is 3. The van der Waals surface area contributed by atoms with E-state index in [1.807, 2.05) is 14.0 Å². The van der Waals surface area contributed by atoms with Gasteiger partial charge in [0.05, 0.1) is 31.0 Å². The maximum Gasteiger partial charge on any atom is 0.194 e. The molecule has 2 aromatic rings. The van der Waals surface area contributed by atoms with E-state index in [9.17, 15) is 0 Å². The lowest BCUT2D eigenvalue weighted by molar-refractivity contribution is -0.0149. The van der Waals surface area contributed by atoms with Gasteiger partial charge in [0.2, 0.25) is 0 Å². The van der Waals surface area contributed by atoms with Crippen LogP contribution in [0.5, 0.6) is 0 Å². The van der Waals surface area contributed by atoms with E-state index in [-0.39, 0.29) is 11.7 Å². The Balaban J connectivity index is 2.03. The number of ether oxygens (including phenoxy) is 2. The third-order valence-corrected chi connectivity index (χ3v) is 5.50. The first-order chi connectivity index (χ1) is 14.2. The van der Waals surface area contributed by atoms with Crippen molar-refractivity contribution in [3.63, 3.8) is 0 Å². The maximum atomic E-state index is 5.89. The van der Waals surface area contributed by atoms with Crippen LogP contribution in [0, 0.1) is 0 Å². The molecule has 30 heavy (non-hydrogen) atoms. The molecule has 166 valence electrons. The summed E-state index contributed by atoms with van der Waals surface area (Å²) in [5.74, 6) is 0.864. The Kier molecular flexibility index (Phi) is 9.27. The standard InChI is InChI=1S/C23H36N4O2S/c1-8-24-22(27(6)14-20-16-30-21(26-20)17(2)28-7)25-13-18-10-9-11-19(12-18)15-29-23(3,4)5/h9-12,16-17H,8,13-15H2,1-7H3,(H,24,25). The number of benzene rings is 1. The second-order valence-electron chi connectivity index (χ2n) is 8.30. The van der Waals surface area contributed by atoms with E-state index >= 15 is 0 Å². The normalized spacial score (nSPS) is 13.4. The first-order valence-corrected chi connectivity index (χ1v) is 11.3. The Morgan fingerprint density at radius 3 is 2.70 bits per heavy atom. The lowest BCUT2D eigenvalue weighted by Gasteiger charge is -2.21. The van der Waals surface area contributed by atoms with Crippen molar-refractivity contribution < 1.29 is 9.47 Å². The zero-order valence-electron chi connectivity index (χ0n) is 19.4. The predicted octanol–water partition coefficient (Wildman–Crippen LogP) is 4.76. The summed E-state index contributed by atoms with van der Waals surface area (Å²) in [5, 5.41) is 6.46. The molecular formula is C23H36N4O2S. The van der Waals surface area contributed by atoms with Gasteiger partial charge in [0.1, 0.15) is 11.1 Å². The third-order valence-electron chi connectivity index (χ3n) is 4.44. The van der Waals surface area contributed by atoms with Crippen LogP contribution in [-0.4, -0.2) is 42.1 Å². The van der Waals surface area contributed by atoms with Crippen LogP contribution in [0.4, 0.5) is 0 Å². The lowest BCUT2D eigenvalue weighted by atomic mass is 10.1. The minimum absolute atomic E-state index is 0.0190. The molecule has 0 spiro atoms. The number of thiazole rings is 1. The van der Waals surface area contributed by atoms with Gasteiger partial charge in [-0.25, -0.2) is 9.98 Å². The molecule has 1 N–H and O–H groups in total. The van der Waals surface area contributed by atoms with Crippen molar-refractivity contribution in [2.75, 3.05) is 20.7 Å². The topological polar surface area (TPSA) is 59.0 Å². The van der Waals surface area contributed by atoms with Crippen LogP contribution >= 0.6 is 11.3 Å². The molecule has 0 aliphatic carbocycles. The minimum Gasteiger partial charge on any atom is -0.375 e. The fourth-order valence-corrected chi connectivity index (χ4v) is 3.60. The Labute approximate surface area is 185 Å². The first kappa shape index (κ1) is 24.3. The van der Waals surface area contributed by atoms with Crippen molar-refractivity contribution in [2.24, 2.45) is 4.99 Å². The predicted molar refractivity (Wildman–Crippen MR) is 125 cm³/mol. The second kappa shape index (κ2) is 11.4. The molecule has 7 heteroatoms. The van der Waals surface area contributed by atoms with Crippen LogP contribution in [0.2, 0.25) is 0 Å². The highest BCUT2D eigenvalue weighted by atomic mass is 32.1. The SMILES string of the molecule is CCNC(=NCc1cccc(COC(C)(C)C)c1)N(C)Cc1csc(C(C)OC)n1. The van der Waals surface area contributed by atoms with Crippen LogP contribution in [0.25, 0.3) is 0 Å². The van der Waals surface area contributed by atoms with E-state index in [1.54, 1.807) is 18.4 Å². The summed E-state index contributed by atoms with van der Waals surface area (Å²) in [6, 6.07) is 8.43. The Morgan fingerprint density at radius 1 is 1.30 bits per heavy atom. The minimum atomic E-state index is -0.147. The van der Waals surface area contributed by atoms with Crippen molar-refractivity contribution >= 4 is 17.3 Å². The van der Waals surface area contributed by atoms with Gasteiger partial charge in [-0.1, -0.05) is 24.3 Å². The summed E-state index contributed by atoms with van der Waals surface area (Å²) in [7, 11) is 3.74. The van der Waals surface area contributed by atoms with Crippen LogP contribution in [-0.2, 0) is 29.2 Å². The largest absolute Gasteiger partial charge is 0.375 e. The number of nitrogens with one attached hydrogen (secondary N) is 1. The molecule has 0 saturated heterocycles. The van der Waals surface area contributed by atoms with Crippen LogP contribution < -0.4 is 5.32 Å². The Morgan fingerprint density at radius 2 is 2.03 bits per heavy atom. The van der Waals surface area contributed by atoms with E-state index < -0.39 is 0 Å². The van der Waals surface area contributed by atoms with E-state index in [0.29, 0.717) is 19.7 Å². The number of guanidine groups is 1. The Hall–Kier alpha value is -1.96. The number of hydrogen-bond acceptors (Lipinski definition) is 5. The van der Waals surface area contributed by atoms with E-state index in [1.165, 1.54) is 11.1 Å². The quantitative estimate of drug-likeness (QED) is 0.457. The summed E-state index contributed by atoms with van der Waals surface area (Å²) in [4.78, 5) is 11.6. The number of aliphatic imine (C=N–C) groups is 1. The highest BCUT2D eigenvalue weighted by Gasteiger charge is 2.13. The molecule has 0 aliphatic rings. The van der Waals surface area contributed by atoms with E-state index in [2.05, 4.69) is 72.5 Å². The summed E-state index contributed by atoms with van der Waals surface area (Å²) in [5.41, 5.74) is 3.20. The third kappa shape index (κ3) is 8.05. The number of rotatable bonds is 9. The molecule has 1 atom stereocenters. The molecule has 1 aromatic carbocycles. The van der Waals surface area contributed by atoms with Gasteiger partial charge in [0.25, 0.3) is 0 Å². The maximum absolute atomic E-state index is 5.89.